The predicted octanol–water partition coefficient (Wildman–Crippen LogP) is 2.26. The van der Waals surface area contributed by atoms with E-state index in [4.69, 9.17) is 0 Å². The van der Waals surface area contributed by atoms with Crippen LogP contribution >= 0.6 is 11.3 Å². The van der Waals surface area contributed by atoms with Gasteiger partial charge in [0.05, 0.1) is 0 Å². The summed E-state index contributed by atoms with van der Waals surface area (Å²) in [7, 11) is 0. The largest absolute Gasteiger partial charge is 0.318 e. The molecule has 1 amide bonds. The lowest BCUT2D eigenvalue weighted by Gasteiger charge is -2.38. The molecule has 0 aromatic carbocycles. The van der Waals surface area contributed by atoms with Crippen molar-refractivity contribution in [3.63, 3.8) is 0 Å². The first kappa shape index (κ1) is 10.1. The highest BCUT2D eigenvalue weighted by molar-refractivity contribution is 7.07. The Bertz CT molecular complexity index is 448. The number of thiophene rings is 1. The molecule has 0 bridgehead atoms. The summed E-state index contributed by atoms with van der Waals surface area (Å²) in [6.45, 7) is 0. The van der Waals surface area contributed by atoms with Crippen molar-refractivity contribution in [2.24, 2.45) is 0 Å². The van der Waals surface area contributed by atoms with Crippen molar-refractivity contribution >= 4 is 17.2 Å². The Labute approximate surface area is 105 Å². The molecule has 1 aromatic heterocycles. The third kappa shape index (κ3) is 1.34. The summed E-state index contributed by atoms with van der Waals surface area (Å²) >= 11 is 1.71. The van der Waals surface area contributed by atoms with Gasteiger partial charge in [0.15, 0.2) is 0 Å². The molecule has 4 heteroatoms. The number of amides is 1. The lowest BCUT2D eigenvalue weighted by Crippen LogP contribution is -2.44. The maximum absolute atomic E-state index is 12.5. The molecule has 90 valence electrons. The van der Waals surface area contributed by atoms with Crippen molar-refractivity contribution in [3.8, 4) is 0 Å². The summed E-state index contributed by atoms with van der Waals surface area (Å²) in [5.41, 5.74) is 1.08. The van der Waals surface area contributed by atoms with Crippen molar-refractivity contribution in [1.82, 2.24) is 10.2 Å². The van der Waals surface area contributed by atoms with Crippen molar-refractivity contribution in [1.29, 1.82) is 0 Å². The molecule has 1 unspecified atom stereocenters. The fraction of sp³-hybridized carbons (Fsp3) is 0.615. The average Bonchev–Trinajstić information content (AvgIpc) is 2.73. The average molecular weight is 248 g/mol. The van der Waals surface area contributed by atoms with Crippen molar-refractivity contribution in [2.45, 2.75) is 49.9 Å². The number of hydrogen-bond donors (Lipinski definition) is 1. The maximum Gasteiger partial charge on any atom is 0.244 e. The van der Waals surface area contributed by atoms with E-state index >= 15 is 0 Å². The van der Waals surface area contributed by atoms with E-state index in [-0.39, 0.29) is 11.7 Å². The van der Waals surface area contributed by atoms with Gasteiger partial charge in [0.1, 0.15) is 11.7 Å². The monoisotopic (exact) mass is 248 g/mol. The first-order valence-corrected chi connectivity index (χ1v) is 7.37. The van der Waals surface area contributed by atoms with Crippen LogP contribution in [0.15, 0.2) is 16.8 Å². The zero-order valence-corrected chi connectivity index (χ0v) is 10.5. The SMILES string of the molecule is O=C1N(C2CCC2)C(c2ccsc2)NC12CC2. The molecular formula is C13H16N2OS. The van der Waals surface area contributed by atoms with E-state index in [0.29, 0.717) is 11.9 Å². The molecule has 1 saturated heterocycles. The second-order valence-corrected chi connectivity index (χ2v) is 6.26. The van der Waals surface area contributed by atoms with E-state index in [2.05, 4.69) is 27.0 Å². The lowest BCUT2D eigenvalue weighted by atomic mass is 9.90. The van der Waals surface area contributed by atoms with Crippen LogP contribution in [0.2, 0.25) is 0 Å². The fourth-order valence-corrected chi connectivity index (χ4v) is 3.64. The van der Waals surface area contributed by atoms with E-state index in [0.717, 1.165) is 12.8 Å². The molecule has 2 aliphatic carbocycles. The molecule has 4 rings (SSSR count). The predicted molar refractivity (Wildman–Crippen MR) is 66.6 cm³/mol. The van der Waals surface area contributed by atoms with Crippen molar-refractivity contribution in [2.75, 3.05) is 0 Å². The molecule has 1 atom stereocenters. The van der Waals surface area contributed by atoms with Crippen LogP contribution in [-0.2, 0) is 4.79 Å². The minimum atomic E-state index is -0.178. The second kappa shape index (κ2) is 3.33. The van der Waals surface area contributed by atoms with Gasteiger partial charge in [-0.3, -0.25) is 10.1 Å². The smallest absolute Gasteiger partial charge is 0.244 e. The molecule has 3 aliphatic rings. The molecule has 1 spiro atoms. The maximum atomic E-state index is 12.5. The van der Waals surface area contributed by atoms with Gasteiger partial charge in [0.2, 0.25) is 5.91 Å². The summed E-state index contributed by atoms with van der Waals surface area (Å²) in [5.74, 6) is 0.360. The van der Waals surface area contributed by atoms with Gasteiger partial charge in [-0.25, -0.2) is 0 Å². The minimum Gasteiger partial charge on any atom is -0.318 e. The Hall–Kier alpha value is -0.870. The van der Waals surface area contributed by atoms with Crippen LogP contribution in [0, 0.1) is 0 Å². The highest BCUT2D eigenvalue weighted by Crippen LogP contribution is 2.48. The lowest BCUT2D eigenvalue weighted by molar-refractivity contribution is -0.134. The molecule has 2 saturated carbocycles. The number of nitrogens with zero attached hydrogens (tertiary/aromatic N) is 1. The van der Waals surface area contributed by atoms with Crippen LogP contribution in [0.4, 0.5) is 0 Å². The molecule has 0 radical (unpaired) electrons. The van der Waals surface area contributed by atoms with Crippen LogP contribution in [0.3, 0.4) is 0 Å². The van der Waals surface area contributed by atoms with Crippen LogP contribution in [0.25, 0.3) is 0 Å². The molecule has 3 fully saturated rings. The molecule has 17 heavy (non-hydrogen) atoms. The summed E-state index contributed by atoms with van der Waals surface area (Å²) in [5, 5.41) is 7.84. The Kier molecular flexibility index (Phi) is 1.97. The van der Waals surface area contributed by atoms with E-state index in [1.54, 1.807) is 11.3 Å². The summed E-state index contributed by atoms with van der Waals surface area (Å²) in [6, 6.07) is 2.63. The Balaban J connectivity index is 1.69. The second-order valence-electron chi connectivity index (χ2n) is 5.48. The molecular weight excluding hydrogens is 232 g/mol. The van der Waals surface area contributed by atoms with Gasteiger partial charge in [0, 0.05) is 6.04 Å². The van der Waals surface area contributed by atoms with Gasteiger partial charge in [-0.15, -0.1) is 0 Å². The van der Waals surface area contributed by atoms with Crippen LogP contribution in [0.1, 0.15) is 43.8 Å². The fourth-order valence-electron chi connectivity index (χ4n) is 2.96. The summed E-state index contributed by atoms with van der Waals surface area (Å²) in [4.78, 5) is 14.6. The molecule has 1 aliphatic heterocycles. The normalized spacial score (nSPS) is 30.9. The van der Waals surface area contributed by atoms with Gasteiger partial charge in [-0.05, 0) is 54.5 Å². The zero-order chi connectivity index (χ0) is 11.5. The van der Waals surface area contributed by atoms with E-state index in [9.17, 15) is 4.79 Å². The van der Waals surface area contributed by atoms with E-state index in [1.807, 2.05) is 0 Å². The Morgan fingerprint density at radius 1 is 1.41 bits per heavy atom. The number of carbonyl (C=O) groups is 1. The number of rotatable bonds is 2. The first-order chi connectivity index (χ1) is 8.30. The third-order valence-electron chi connectivity index (χ3n) is 4.41. The Morgan fingerprint density at radius 2 is 2.24 bits per heavy atom. The van der Waals surface area contributed by atoms with Gasteiger partial charge < -0.3 is 4.90 Å². The van der Waals surface area contributed by atoms with Crippen molar-refractivity contribution < 1.29 is 4.79 Å². The summed E-state index contributed by atoms with van der Waals surface area (Å²) < 4.78 is 0. The highest BCUT2D eigenvalue weighted by atomic mass is 32.1. The van der Waals surface area contributed by atoms with E-state index in [1.165, 1.54) is 24.8 Å². The molecule has 3 nitrogen and oxygen atoms in total. The standard InChI is InChI=1S/C13H16N2OS/c16-12-13(5-6-13)14-11(9-4-7-17-8-9)15(12)10-2-1-3-10/h4,7-8,10-11,14H,1-3,5-6H2. The zero-order valence-electron chi connectivity index (χ0n) is 9.69. The van der Waals surface area contributed by atoms with Gasteiger partial charge in [0.25, 0.3) is 0 Å². The van der Waals surface area contributed by atoms with Crippen molar-refractivity contribution in [3.05, 3.63) is 22.4 Å². The molecule has 2 heterocycles. The van der Waals surface area contributed by atoms with Crippen LogP contribution < -0.4 is 5.32 Å². The Morgan fingerprint density at radius 3 is 2.76 bits per heavy atom. The number of carbonyl (C=O) groups excluding carboxylic acids is 1. The van der Waals surface area contributed by atoms with Crippen LogP contribution in [-0.4, -0.2) is 22.4 Å². The van der Waals surface area contributed by atoms with Gasteiger partial charge in [-0.1, -0.05) is 0 Å². The quantitative estimate of drug-likeness (QED) is 0.870. The topological polar surface area (TPSA) is 32.3 Å². The number of nitrogens with one attached hydrogen (secondary N) is 1. The van der Waals surface area contributed by atoms with Crippen LogP contribution in [0.5, 0.6) is 0 Å². The summed E-state index contributed by atoms with van der Waals surface area (Å²) in [6.07, 6.45) is 5.83. The number of hydrogen-bond acceptors (Lipinski definition) is 3. The highest BCUT2D eigenvalue weighted by Gasteiger charge is 2.60. The molecule has 1 N–H and O–H groups in total. The first-order valence-electron chi connectivity index (χ1n) is 6.43. The van der Waals surface area contributed by atoms with Gasteiger partial charge >= 0.3 is 0 Å². The third-order valence-corrected chi connectivity index (χ3v) is 5.11. The van der Waals surface area contributed by atoms with E-state index < -0.39 is 0 Å². The molecule has 1 aromatic rings. The van der Waals surface area contributed by atoms with Gasteiger partial charge in [-0.2, -0.15) is 11.3 Å². The minimum absolute atomic E-state index is 0.140.